The average molecular weight is 316 g/mol. The zero-order chi connectivity index (χ0) is 16.1. The largest absolute Gasteiger partial charge is 0.348 e. The van der Waals surface area contributed by atoms with E-state index in [1.165, 1.54) is 17.2 Å². The average Bonchev–Trinajstić information content (AvgIpc) is 2.50. The molecule has 2 nitrogen and oxygen atoms in total. The van der Waals surface area contributed by atoms with Crippen molar-refractivity contribution in [2.75, 3.05) is 12.4 Å². The first kappa shape index (κ1) is 16.4. The molecule has 22 heavy (non-hydrogen) atoms. The lowest BCUT2D eigenvalue weighted by atomic mass is 10.0. The number of para-hydroxylation sites is 1. The van der Waals surface area contributed by atoms with Crippen LogP contribution in [0.1, 0.15) is 30.9 Å². The lowest BCUT2D eigenvalue weighted by molar-refractivity contribution is 0.508. The molecule has 0 aromatic heterocycles. The monoisotopic (exact) mass is 316 g/mol. The smallest absolute Gasteiger partial charge is 0.173 e. The summed E-state index contributed by atoms with van der Waals surface area (Å²) in [6.07, 6.45) is 0. The van der Waals surface area contributed by atoms with E-state index in [0.29, 0.717) is 23.3 Å². The zero-order valence-electron chi connectivity index (χ0n) is 13.1. The Morgan fingerprint density at radius 1 is 1.14 bits per heavy atom. The Bertz CT molecular complexity index is 638. The summed E-state index contributed by atoms with van der Waals surface area (Å²) < 4.78 is 13.6. The second-order valence-electron chi connectivity index (χ2n) is 5.66. The Labute approximate surface area is 137 Å². The Balaban J connectivity index is 1.98. The van der Waals surface area contributed by atoms with Crippen molar-refractivity contribution in [3.63, 3.8) is 0 Å². The molecule has 0 heterocycles. The van der Waals surface area contributed by atoms with Crippen molar-refractivity contribution in [1.29, 1.82) is 0 Å². The van der Waals surface area contributed by atoms with Crippen LogP contribution in [0.25, 0.3) is 0 Å². The van der Waals surface area contributed by atoms with E-state index in [-0.39, 0.29) is 5.82 Å². The molecule has 0 aliphatic rings. The number of hydrogen-bond donors (Lipinski definition) is 1. The first-order valence-electron chi connectivity index (χ1n) is 7.33. The molecule has 116 valence electrons. The maximum atomic E-state index is 13.6. The normalized spacial score (nSPS) is 10.6. The van der Waals surface area contributed by atoms with E-state index in [1.54, 1.807) is 18.2 Å². The number of halogens is 1. The van der Waals surface area contributed by atoms with Gasteiger partial charge >= 0.3 is 0 Å². The number of rotatable bonds is 4. The second kappa shape index (κ2) is 7.36. The van der Waals surface area contributed by atoms with Crippen molar-refractivity contribution >= 4 is 23.0 Å². The van der Waals surface area contributed by atoms with Gasteiger partial charge in [-0.2, -0.15) is 0 Å². The Morgan fingerprint density at radius 2 is 1.77 bits per heavy atom. The first-order chi connectivity index (χ1) is 10.5. The lowest BCUT2D eigenvalue weighted by Crippen LogP contribution is -2.30. The molecule has 2 aromatic rings. The molecular formula is C18H21FN2S. The van der Waals surface area contributed by atoms with Crippen molar-refractivity contribution in [2.24, 2.45) is 0 Å². The molecule has 0 saturated carbocycles. The van der Waals surface area contributed by atoms with E-state index in [4.69, 9.17) is 12.2 Å². The van der Waals surface area contributed by atoms with E-state index in [1.807, 2.05) is 11.9 Å². The van der Waals surface area contributed by atoms with Crippen LogP contribution in [-0.2, 0) is 6.54 Å². The number of nitrogens with one attached hydrogen (secondary N) is 1. The molecule has 1 N–H and O–H groups in total. The van der Waals surface area contributed by atoms with Crippen LogP contribution in [0.4, 0.5) is 10.1 Å². The third-order valence-corrected chi connectivity index (χ3v) is 3.94. The van der Waals surface area contributed by atoms with E-state index < -0.39 is 0 Å². The van der Waals surface area contributed by atoms with Gasteiger partial charge in [-0.15, -0.1) is 0 Å². The lowest BCUT2D eigenvalue weighted by Gasteiger charge is -2.21. The summed E-state index contributed by atoms with van der Waals surface area (Å²) in [7, 11) is 1.90. The highest BCUT2D eigenvalue weighted by Crippen LogP contribution is 2.16. The highest BCUT2D eigenvalue weighted by atomic mass is 32.1. The Hall–Kier alpha value is -1.94. The molecule has 0 radical (unpaired) electrons. The SMILES string of the molecule is CC(C)c1ccc(CN(C)C(=S)Nc2ccccc2F)cc1. The van der Waals surface area contributed by atoms with Crippen LogP contribution in [0.15, 0.2) is 48.5 Å². The summed E-state index contributed by atoms with van der Waals surface area (Å²) in [5, 5.41) is 3.44. The highest BCUT2D eigenvalue weighted by molar-refractivity contribution is 7.80. The van der Waals surface area contributed by atoms with Crippen LogP contribution in [-0.4, -0.2) is 17.1 Å². The quantitative estimate of drug-likeness (QED) is 0.817. The van der Waals surface area contributed by atoms with Gasteiger partial charge in [0.2, 0.25) is 0 Å². The van der Waals surface area contributed by atoms with Gasteiger partial charge in [-0.1, -0.05) is 50.2 Å². The minimum Gasteiger partial charge on any atom is -0.348 e. The number of hydrogen-bond acceptors (Lipinski definition) is 1. The van der Waals surface area contributed by atoms with Crippen molar-refractivity contribution in [2.45, 2.75) is 26.3 Å². The molecule has 0 fully saturated rings. The van der Waals surface area contributed by atoms with Crippen LogP contribution in [0.5, 0.6) is 0 Å². The molecule has 0 unspecified atom stereocenters. The first-order valence-corrected chi connectivity index (χ1v) is 7.73. The molecule has 4 heteroatoms. The molecule has 2 aromatic carbocycles. The molecular weight excluding hydrogens is 295 g/mol. The maximum Gasteiger partial charge on any atom is 0.173 e. The highest BCUT2D eigenvalue weighted by Gasteiger charge is 2.08. The van der Waals surface area contributed by atoms with E-state index >= 15 is 0 Å². The number of anilines is 1. The number of thiocarbonyl (C=S) groups is 1. The Morgan fingerprint density at radius 3 is 2.36 bits per heavy atom. The molecule has 0 atom stereocenters. The van der Waals surface area contributed by atoms with Gasteiger partial charge in [0.25, 0.3) is 0 Å². The third-order valence-electron chi connectivity index (χ3n) is 3.53. The molecule has 0 amide bonds. The van der Waals surface area contributed by atoms with Gasteiger partial charge in [-0.3, -0.25) is 0 Å². The zero-order valence-corrected chi connectivity index (χ0v) is 14.0. The predicted molar refractivity (Wildman–Crippen MR) is 94.6 cm³/mol. The van der Waals surface area contributed by atoms with Gasteiger partial charge in [0.1, 0.15) is 5.82 Å². The van der Waals surface area contributed by atoms with Crippen molar-refractivity contribution < 1.29 is 4.39 Å². The van der Waals surface area contributed by atoms with Gasteiger partial charge in [0, 0.05) is 13.6 Å². The Kier molecular flexibility index (Phi) is 5.50. The fraction of sp³-hybridized carbons (Fsp3) is 0.278. The van der Waals surface area contributed by atoms with Gasteiger partial charge < -0.3 is 10.2 Å². The van der Waals surface area contributed by atoms with Crippen LogP contribution in [0.3, 0.4) is 0 Å². The summed E-state index contributed by atoms with van der Waals surface area (Å²) in [6, 6.07) is 15.0. The standard InChI is InChI=1S/C18H21FN2S/c1-13(2)15-10-8-14(9-11-15)12-21(3)18(22)20-17-7-5-4-6-16(17)19/h4-11,13H,12H2,1-3H3,(H,20,22). The summed E-state index contributed by atoms with van der Waals surface area (Å²) >= 11 is 5.33. The van der Waals surface area contributed by atoms with Crippen molar-refractivity contribution in [3.8, 4) is 0 Å². The topological polar surface area (TPSA) is 15.3 Å². The van der Waals surface area contributed by atoms with Gasteiger partial charge in [-0.05, 0) is 41.4 Å². The van der Waals surface area contributed by atoms with E-state index in [0.717, 1.165) is 0 Å². The number of nitrogens with zero attached hydrogens (tertiary/aromatic N) is 1. The minimum absolute atomic E-state index is 0.306. The molecule has 0 spiro atoms. The van der Waals surface area contributed by atoms with Crippen LogP contribution >= 0.6 is 12.2 Å². The molecule has 0 bridgehead atoms. The van der Waals surface area contributed by atoms with Gasteiger partial charge in [0.15, 0.2) is 5.11 Å². The van der Waals surface area contributed by atoms with Gasteiger partial charge in [-0.25, -0.2) is 4.39 Å². The van der Waals surface area contributed by atoms with Crippen LogP contribution in [0.2, 0.25) is 0 Å². The van der Waals surface area contributed by atoms with Crippen molar-refractivity contribution in [3.05, 3.63) is 65.5 Å². The minimum atomic E-state index is -0.306. The maximum absolute atomic E-state index is 13.6. The number of benzene rings is 2. The summed E-state index contributed by atoms with van der Waals surface area (Å²) in [4.78, 5) is 1.89. The molecule has 0 aliphatic heterocycles. The molecule has 0 saturated heterocycles. The fourth-order valence-corrected chi connectivity index (χ4v) is 2.30. The van der Waals surface area contributed by atoms with Crippen LogP contribution in [0, 0.1) is 5.82 Å². The summed E-state index contributed by atoms with van der Waals surface area (Å²) in [5.74, 6) is 0.218. The van der Waals surface area contributed by atoms with E-state index in [2.05, 4.69) is 43.4 Å². The van der Waals surface area contributed by atoms with Gasteiger partial charge in [0.05, 0.1) is 5.69 Å². The van der Waals surface area contributed by atoms with E-state index in [9.17, 15) is 4.39 Å². The predicted octanol–water partition coefficient (Wildman–Crippen LogP) is 4.78. The molecule has 2 rings (SSSR count). The van der Waals surface area contributed by atoms with Crippen molar-refractivity contribution in [1.82, 2.24) is 4.90 Å². The van der Waals surface area contributed by atoms with Crippen LogP contribution < -0.4 is 5.32 Å². The molecule has 0 aliphatic carbocycles. The summed E-state index contributed by atoms with van der Waals surface area (Å²) in [5.41, 5.74) is 2.89. The second-order valence-corrected chi connectivity index (χ2v) is 6.05. The summed E-state index contributed by atoms with van der Waals surface area (Å²) in [6.45, 7) is 5.03. The third kappa shape index (κ3) is 4.28. The fourth-order valence-electron chi connectivity index (χ4n) is 2.13.